The highest BCUT2D eigenvalue weighted by Crippen LogP contribution is 2.29. The van der Waals surface area contributed by atoms with Crippen LogP contribution in [-0.2, 0) is 22.6 Å². The summed E-state index contributed by atoms with van der Waals surface area (Å²) in [6, 6.07) is 18.8. The van der Waals surface area contributed by atoms with Gasteiger partial charge in [-0.3, -0.25) is 9.59 Å². The lowest BCUT2D eigenvalue weighted by molar-refractivity contribution is -0.143. The Morgan fingerprint density at radius 3 is 2.05 bits per heavy atom. The molecule has 3 aromatic rings. The minimum atomic E-state index is -0.843. The largest absolute Gasteiger partial charge is 0.496 e. The lowest BCUT2D eigenvalue weighted by atomic mass is 10.0. The molecule has 3 rings (SSSR count). The van der Waals surface area contributed by atoms with Crippen LogP contribution in [0.3, 0.4) is 0 Å². The summed E-state index contributed by atoms with van der Waals surface area (Å²) in [6.07, 6.45) is 1.04. The fraction of sp³-hybridized carbons (Fsp3) is 0.333. The summed E-state index contributed by atoms with van der Waals surface area (Å²) in [5.41, 5.74) is 1.45. The predicted octanol–water partition coefficient (Wildman–Crippen LogP) is 5.94. The fourth-order valence-electron chi connectivity index (χ4n) is 3.94. The summed E-state index contributed by atoms with van der Waals surface area (Å²) in [6.45, 7) is 3.60. The Morgan fingerprint density at radius 2 is 1.49 bits per heavy atom. The molecule has 208 valence electrons. The summed E-state index contributed by atoms with van der Waals surface area (Å²) in [4.78, 5) is 28.9. The normalized spacial score (nSPS) is 12.3. The number of benzene rings is 3. The fourth-order valence-corrected chi connectivity index (χ4v) is 4.46. The lowest BCUT2D eigenvalue weighted by Gasteiger charge is -2.32. The van der Waals surface area contributed by atoms with Crippen molar-refractivity contribution >= 4 is 35.0 Å². The van der Waals surface area contributed by atoms with Gasteiger partial charge in [-0.25, -0.2) is 0 Å². The molecule has 3 aromatic carbocycles. The van der Waals surface area contributed by atoms with E-state index in [1.165, 1.54) is 19.1 Å². The molecule has 0 radical (unpaired) electrons. The molecular weight excluding hydrogens is 539 g/mol. The number of nitrogens with zero attached hydrogens (tertiary/aromatic N) is 1. The van der Waals surface area contributed by atoms with Crippen molar-refractivity contribution in [1.82, 2.24) is 10.2 Å². The van der Waals surface area contributed by atoms with Crippen LogP contribution < -0.4 is 19.5 Å². The van der Waals surface area contributed by atoms with Crippen molar-refractivity contribution in [2.75, 3.05) is 20.8 Å². The van der Waals surface area contributed by atoms with E-state index >= 15 is 0 Å². The van der Waals surface area contributed by atoms with Gasteiger partial charge in [-0.15, -0.1) is 0 Å². The molecule has 0 bridgehead atoms. The second kappa shape index (κ2) is 14.7. The van der Waals surface area contributed by atoms with Crippen molar-refractivity contribution in [2.24, 2.45) is 0 Å². The second-order valence-corrected chi connectivity index (χ2v) is 9.90. The van der Waals surface area contributed by atoms with Gasteiger partial charge in [-0.1, -0.05) is 66.5 Å². The SMILES string of the molecule is CC[C@@H](C)NC(=O)[C@H](Cc1ccccc1)N(Cc1c(Cl)cccc1Cl)C(=O)COc1cc(OC)cc(OC)c1. The van der Waals surface area contributed by atoms with Crippen molar-refractivity contribution in [1.29, 1.82) is 0 Å². The molecule has 9 heteroatoms. The summed E-state index contributed by atoms with van der Waals surface area (Å²) >= 11 is 13.0. The first-order valence-electron chi connectivity index (χ1n) is 12.7. The van der Waals surface area contributed by atoms with E-state index in [1.54, 1.807) is 36.4 Å². The molecule has 0 aromatic heterocycles. The Balaban J connectivity index is 1.98. The van der Waals surface area contributed by atoms with Crippen LogP contribution in [0.15, 0.2) is 66.7 Å². The van der Waals surface area contributed by atoms with E-state index in [1.807, 2.05) is 44.2 Å². The molecule has 0 saturated heterocycles. The monoisotopic (exact) mass is 572 g/mol. The number of halogens is 2. The van der Waals surface area contributed by atoms with Crippen LogP contribution in [0.25, 0.3) is 0 Å². The first kappa shape index (κ1) is 30.1. The van der Waals surface area contributed by atoms with Crippen molar-refractivity contribution in [3.05, 3.63) is 87.9 Å². The van der Waals surface area contributed by atoms with Crippen LogP contribution >= 0.6 is 23.2 Å². The number of hydrogen-bond acceptors (Lipinski definition) is 5. The van der Waals surface area contributed by atoms with E-state index in [2.05, 4.69) is 5.32 Å². The molecule has 0 spiro atoms. The van der Waals surface area contributed by atoms with Gasteiger partial charge in [0.05, 0.1) is 14.2 Å². The molecule has 0 saturated carbocycles. The van der Waals surface area contributed by atoms with E-state index < -0.39 is 11.9 Å². The first-order chi connectivity index (χ1) is 18.7. The molecule has 0 fully saturated rings. The Labute approximate surface area is 240 Å². The number of methoxy groups -OCH3 is 2. The molecule has 2 amide bonds. The molecule has 39 heavy (non-hydrogen) atoms. The molecule has 0 unspecified atom stereocenters. The van der Waals surface area contributed by atoms with Crippen LogP contribution in [-0.4, -0.2) is 49.6 Å². The third kappa shape index (κ3) is 8.53. The highest BCUT2D eigenvalue weighted by atomic mass is 35.5. The number of rotatable bonds is 13. The number of amides is 2. The summed E-state index contributed by atoms with van der Waals surface area (Å²) in [5.74, 6) is 0.748. The summed E-state index contributed by atoms with van der Waals surface area (Å²) < 4.78 is 16.5. The van der Waals surface area contributed by atoms with Gasteiger partial charge in [0, 0.05) is 52.8 Å². The van der Waals surface area contributed by atoms with Crippen LogP contribution in [0.5, 0.6) is 17.2 Å². The van der Waals surface area contributed by atoms with Crippen molar-refractivity contribution < 1.29 is 23.8 Å². The summed E-state index contributed by atoms with van der Waals surface area (Å²) in [5, 5.41) is 3.84. The molecule has 2 atom stereocenters. The van der Waals surface area contributed by atoms with Gasteiger partial charge in [0.15, 0.2) is 6.61 Å². The lowest BCUT2D eigenvalue weighted by Crippen LogP contribution is -2.53. The third-order valence-electron chi connectivity index (χ3n) is 6.35. The maximum atomic E-state index is 13.8. The Kier molecular flexibility index (Phi) is 11.3. The predicted molar refractivity (Wildman–Crippen MR) is 154 cm³/mol. The maximum Gasteiger partial charge on any atom is 0.261 e. The van der Waals surface area contributed by atoms with Crippen molar-refractivity contribution in [3.63, 3.8) is 0 Å². The maximum absolute atomic E-state index is 13.8. The standard InChI is InChI=1S/C30H34Cl2N2O5/c1-5-20(2)33-30(36)28(14-21-10-7-6-8-11-21)34(18-25-26(31)12-9-13-27(25)32)29(35)19-39-24-16-22(37-3)15-23(17-24)38-4/h6-13,15-17,20,28H,5,14,18-19H2,1-4H3,(H,33,36)/t20-,28+/m1/s1. The van der Waals surface area contributed by atoms with E-state index in [0.717, 1.165) is 12.0 Å². The third-order valence-corrected chi connectivity index (χ3v) is 7.06. The highest BCUT2D eigenvalue weighted by Gasteiger charge is 2.32. The molecule has 0 heterocycles. The van der Waals surface area contributed by atoms with E-state index in [9.17, 15) is 9.59 Å². The van der Waals surface area contributed by atoms with Crippen LogP contribution in [0.2, 0.25) is 10.0 Å². The van der Waals surface area contributed by atoms with Crippen molar-refractivity contribution in [2.45, 2.75) is 45.3 Å². The van der Waals surface area contributed by atoms with Gasteiger partial charge >= 0.3 is 0 Å². The minimum absolute atomic E-state index is 0.0214. The Bertz CT molecular complexity index is 1210. The average molecular weight is 574 g/mol. The first-order valence-corrected chi connectivity index (χ1v) is 13.4. The van der Waals surface area contributed by atoms with E-state index in [0.29, 0.717) is 39.3 Å². The minimum Gasteiger partial charge on any atom is -0.496 e. The molecule has 0 aliphatic carbocycles. The summed E-state index contributed by atoms with van der Waals surface area (Å²) in [7, 11) is 3.06. The number of hydrogen-bond donors (Lipinski definition) is 1. The zero-order valence-electron chi connectivity index (χ0n) is 22.6. The number of ether oxygens (including phenoxy) is 3. The van der Waals surface area contributed by atoms with Gasteiger partial charge in [0.25, 0.3) is 5.91 Å². The number of carbonyl (C=O) groups is 2. The van der Waals surface area contributed by atoms with Crippen LogP contribution in [0, 0.1) is 0 Å². The quantitative estimate of drug-likeness (QED) is 0.274. The molecule has 1 N–H and O–H groups in total. The Morgan fingerprint density at radius 1 is 0.897 bits per heavy atom. The molecular formula is C30H34Cl2N2O5. The zero-order valence-corrected chi connectivity index (χ0v) is 24.1. The van der Waals surface area contributed by atoms with Crippen LogP contribution in [0.4, 0.5) is 0 Å². The second-order valence-electron chi connectivity index (χ2n) is 9.08. The number of nitrogens with one attached hydrogen (secondary N) is 1. The number of carbonyl (C=O) groups excluding carboxylic acids is 2. The molecule has 0 aliphatic heterocycles. The highest BCUT2D eigenvalue weighted by molar-refractivity contribution is 6.36. The van der Waals surface area contributed by atoms with Crippen molar-refractivity contribution in [3.8, 4) is 17.2 Å². The van der Waals surface area contributed by atoms with Crippen LogP contribution in [0.1, 0.15) is 31.4 Å². The molecule has 7 nitrogen and oxygen atoms in total. The van der Waals surface area contributed by atoms with Gasteiger partial charge < -0.3 is 24.4 Å². The molecule has 0 aliphatic rings. The van der Waals surface area contributed by atoms with Gasteiger partial charge in [-0.05, 0) is 31.0 Å². The van der Waals surface area contributed by atoms with Gasteiger partial charge in [0.1, 0.15) is 23.3 Å². The topological polar surface area (TPSA) is 77.1 Å². The Hall–Kier alpha value is -3.42. The van der Waals surface area contributed by atoms with E-state index in [-0.39, 0.29) is 25.1 Å². The van der Waals surface area contributed by atoms with Gasteiger partial charge in [-0.2, -0.15) is 0 Å². The average Bonchev–Trinajstić information content (AvgIpc) is 2.95. The van der Waals surface area contributed by atoms with E-state index in [4.69, 9.17) is 37.4 Å². The van der Waals surface area contributed by atoms with Gasteiger partial charge in [0.2, 0.25) is 5.91 Å². The smallest absolute Gasteiger partial charge is 0.261 e. The zero-order chi connectivity index (χ0) is 28.4.